The van der Waals surface area contributed by atoms with Crippen molar-refractivity contribution in [2.45, 2.75) is 51.1 Å². The summed E-state index contributed by atoms with van der Waals surface area (Å²) in [5, 5.41) is 15.9. The lowest BCUT2D eigenvalue weighted by atomic mass is 9.95. The summed E-state index contributed by atoms with van der Waals surface area (Å²) in [7, 11) is 0. The summed E-state index contributed by atoms with van der Waals surface area (Å²) in [5.41, 5.74) is 3.62. The first kappa shape index (κ1) is 22.5. The number of amides is 1. The van der Waals surface area contributed by atoms with Gasteiger partial charge in [0.05, 0.1) is 23.6 Å². The molecule has 4 rings (SSSR count). The molecular weight excluding hydrogens is 446 g/mol. The molecule has 0 atom stereocenters. The first-order valence-corrected chi connectivity index (χ1v) is 12.5. The van der Waals surface area contributed by atoms with Crippen molar-refractivity contribution in [3.63, 3.8) is 0 Å². The van der Waals surface area contributed by atoms with Crippen LogP contribution in [-0.2, 0) is 28.8 Å². The number of ether oxygens (including phenoxy) is 1. The zero-order valence-electron chi connectivity index (χ0n) is 18.1. The molecule has 0 spiro atoms. The molecule has 10 heteroatoms. The summed E-state index contributed by atoms with van der Waals surface area (Å²) in [4.78, 5) is 26.5. The van der Waals surface area contributed by atoms with Crippen LogP contribution in [-0.4, -0.2) is 44.4 Å². The number of anilines is 1. The van der Waals surface area contributed by atoms with E-state index in [1.165, 1.54) is 33.5 Å². The van der Waals surface area contributed by atoms with E-state index in [1.807, 2.05) is 24.3 Å². The minimum atomic E-state index is -0.366. The molecule has 168 valence electrons. The van der Waals surface area contributed by atoms with Gasteiger partial charge in [-0.1, -0.05) is 30.8 Å². The average molecular weight is 472 g/mol. The highest BCUT2D eigenvalue weighted by Crippen LogP contribution is 2.38. The number of aryl methyl sites for hydroxylation is 2. The van der Waals surface area contributed by atoms with Crippen molar-refractivity contribution < 1.29 is 14.3 Å². The Kier molecular flexibility index (Phi) is 7.21. The highest BCUT2D eigenvalue weighted by atomic mass is 32.2. The number of nitrogens with one attached hydrogen (secondary N) is 1. The molecule has 0 unspecified atom stereocenters. The third-order valence-electron chi connectivity index (χ3n) is 5.27. The van der Waals surface area contributed by atoms with Crippen LogP contribution in [0, 0.1) is 0 Å². The van der Waals surface area contributed by atoms with Gasteiger partial charge in [0.1, 0.15) is 5.00 Å². The normalized spacial score (nSPS) is 12.9. The largest absolute Gasteiger partial charge is 0.462 e. The maximum atomic E-state index is 12.7. The number of fused-ring (bicyclic) bond motifs is 1. The third kappa shape index (κ3) is 4.86. The number of aromatic nitrogens is 4. The number of hydrogen-bond acceptors (Lipinski definition) is 8. The molecule has 2 heterocycles. The summed E-state index contributed by atoms with van der Waals surface area (Å²) in [6.07, 6.45) is 4.87. The second kappa shape index (κ2) is 10.3. The van der Waals surface area contributed by atoms with E-state index in [0.717, 1.165) is 43.4 Å². The number of carbonyl (C=O) groups excluding carboxylic acids is 2. The Bertz CT molecular complexity index is 1110. The molecule has 1 amide bonds. The topological polar surface area (TPSA) is 99.0 Å². The monoisotopic (exact) mass is 471 g/mol. The summed E-state index contributed by atoms with van der Waals surface area (Å²) >= 11 is 2.73. The van der Waals surface area contributed by atoms with Crippen molar-refractivity contribution in [2.24, 2.45) is 0 Å². The fraction of sp³-hybridized carbons (Fsp3) is 0.409. The van der Waals surface area contributed by atoms with Crippen LogP contribution < -0.4 is 5.32 Å². The van der Waals surface area contributed by atoms with Gasteiger partial charge in [0.25, 0.3) is 0 Å². The lowest BCUT2D eigenvalue weighted by Crippen LogP contribution is -2.17. The molecule has 0 saturated carbocycles. The Hall–Kier alpha value is -2.72. The summed E-state index contributed by atoms with van der Waals surface area (Å²) in [5.74, 6) is -0.456. The molecule has 0 radical (unpaired) electrons. The lowest BCUT2D eigenvalue weighted by Gasteiger charge is -2.12. The summed E-state index contributed by atoms with van der Waals surface area (Å²) in [6.45, 7) is 4.18. The van der Waals surface area contributed by atoms with Crippen molar-refractivity contribution in [1.29, 1.82) is 0 Å². The zero-order chi connectivity index (χ0) is 22.5. The lowest BCUT2D eigenvalue weighted by molar-refractivity contribution is -0.113. The van der Waals surface area contributed by atoms with Gasteiger partial charge in [-0.15, -0.1) is 16.4 Å². The quantitative estimate of drug-likeness (QED) is 0.390. The van der Waals surface area contributed by atoms with Gasteiger partial charge >= 0.3 is 5.97 Å². The molecule has 1 aromatic carbocycles. The van der Waals surface area contributed by atoms with Gasteiger partial charge in [-0.25, -0.2) is 4.79 Å². The van der Waals surface area contributed by atoms with Gasteiger partial charge in [0.15, 0.2) is 0 Å². The zero-order valence-corrected chi connectivity index (χ0v) is 19.7. The number of hydrogen-bond donors (Lipinski definition) is 1. The third-order valence-corrected chi connectivity index (χ3v) is 7.39. The van der Waals surface area contributed by atoms with Crippen LogP contribution in [0.25, 0.3) is 5.69 Å². The Balaban J connectivity index is 1.46. The van der Waals surface area contributed by atoms with Gasteiger partial charge in [-0.2, -0.15) is 4.68 Å². The molecule has 2 aromatic heterocycles. The molecule has 0 fully saturated rings. The van der Waals surface area contributed by atoms with E-state index < -0.39 is 0 Å². The highest BCUT2D eigenvalue weighted by Gasteiger charge is 2.27. The van der Waals surface area contributed by atoms with Crippen LogP contribution >= 0.6 is 23.1 Å². The van der Waals surface area contributed by atoms with Gasteiger partial charge in [0.2, 0.25) is 11.1 Å². The van der Waals surface area contributed by atoms with Crippen molar-refractivity contribution in [3.8, 4) is 5.69 Å². The van der Waals surface area contributed by atoms with Crippen molar-refractivity contribution in [2.75, 3.05) is 17.7 Å². The fourth-order valence-electron chi connectivity index (χ4n) is 3.67. The number of thioether (sulfide) groups is 1. The highest BCUT2D eigenvalue weighted by molar-refractivity contribution is 7.99. The maximum Gasteiger partial charge on any atom is 0.341 e. The van der Waals surface area contributed by atoms with Gasteiger partial charge in [-0.3, -0.25) is 4.79 Å². The fourth-order valence-corrected chi connectivity index (χ4v) is 5.65. The van der Waals surface area contributed by atoms with Gasteiger partial charge in [0, 0.05) is 4.88 Å². The maximum absolute atomic E-state index is 12.7. The Morgan fingerprint density at radius 3 is 2.72 bits per heavy atom. The standard InChI is InChI=1S/C22H25N5O3S2/c1-3-14-9-11-15(12-10-14)27-22(24-25-26-27)31-13-18(28)23-20-19(21(29)30-4-2)16-7-5-6-8-17(16)32-20/h9-12H,3-8,13H2,1-2H3,(H,23,28). The first-order chi connectivity index (χ1) is 15.6. The molecule has 0 saturated heterocycles. The van der Waals surface area contributed by atoms with Crippen LogP contribution in [0.1, 0.15) is 53.1 Å². The van der Waals surface area contributed by atoms with E-state index in [1.54, 1.807) is 11.6 Å². The molecule has 0 aliphatic heterocycles. The number of thiophene rings is 1. The SMILES string of the molecule is CCOC(=O)c1c(NC(=O)CSc2nnnn2-c2ccc(CC)cc2)sc2c1CCCC2. The van der Waals surface area contributed by atoms with Crippen LogP contribution in [0.15, 0.2) is 29.4 Å². The Morgan fingerprint density at radius 2 is 1.97 bits per heavy atom. The van der Waals surface area contributed by atoms with E-state index in [9.17, 15) is 9.59 Å². The molecular formula is C22H25N5O3S2. The van der Waals surface area contributed by atoms with Crippen molar-refractivity contribution in [1.82, 2.24) is 20.2 Å². The van der Waals surface area contributed by atoms with E-state index in [4.69, 9.17) is 4.74 Å². The van der Waals surface area contributed by atoms with Crippen LogP contribution in [0.5, 0.6) is 0 Å². The number of benzene rings is 1. The first-order valence-electron chi connectivity index (χ1n) is 10.7. The average Bonchev–Trinajstić information content (AvgIpc) is 3.42. The Morgan fingerprint density at radius 1 is 1.19 bits per heavy atom. The predicted octanol–water partition coefficient (Wildman–Crippen LogP) is 4.07. The molecule has 3 aromatic rings. The van der Waals surface area contributed by atoms with Crippen molar-refractivity contribution in [3.05, 3.63) is 45.8 Å². The summed E-state index contributed by atoms with van der Waals surface area (Å²) < 4.78 is 6.87. The van der Waals surface area contributed by atoms with E-state index in [0.29, 0.717) is 22.3 Å². The molecule has 1 aliphatic rings. The van der Waals surface area contributed by atoms with E-state index in [2.05, 4.69) is 27.8 Å². The molecule has 1 N–H and O–H groups in total. The van der Waals surface area contributed by atoms with Gasteiger partial charge in [-0.05, 0) is 72.7 Å². The molecule has 1 aliphatic carbocycles. The number of rotatable bonds is 8. The number of carbonyl (C=O) groups is 2. The summed E-state index contributed by atoms with van der Waals surface area (Å²) in [6, 6.07) is 7.99. The minimum Gasteiger partial charge on any atom is -0.462 e. The molecule has 8 nitrogen and oxygen atoms in total. The molecule has 32 heavy (non-hydrogen) atoms. The second-order valence-electron chi connectivity index (χ2n) is 7.37. The smallest absolute Gasteiger partial charge is 0.341 e. The van der Waals surface area contributed by atoms with Crippen LogP contribution in [0.3, 0.4) is 0 Å². The number of nitrogens with zero attached hydrogens (tertiary/aromatic N) is 4. The minimum absolute atomic E-state index is 0.123. The van der Waals surface area contributed by atoms with Crippen LogP contribution in [0.2, 0.25) is 0 Å². The number of esters is 1. The Labute approximate surface area is 194 Å². The van der Waals surface area contributed by atoms with Gasteiger partial charge < -0.3 is 10.1 Å². The van der Waals surface area contributed by atoms with Crippen LogP contribution in [0.4, 0.5) is 5.00 Å². The second-order valence-corrected chi connectivity index (χ2v) is 9.41. The number of tetrazole rings is 1. The van der Waals surface area contributed by atoms with Crippen molar-refractivity contribution >= 4 is 40.0 Å². The van der Waals surface area contributed by atoms with E-state index >= 15 is 0 Å². The predicted molar refractivity (Wildman–Crippen MR) is 125 cm³/mol. The van der Waals surface area contributed by atoms with E-state index in [-0.39, 0.29) is 17.6 Å². The molecule has 0 bridgehead atoms.